The molecule has 0 amide bonds. The average Bonchev–Trinajstić information content (AvgIpc) is 2.96. The van der Waals surface area contributed by atoms with E-state index >= 15 is 0 Å². The van der Waals surface area contributed by atoms with Crippen LogP contribution in [0.25, 0.3) is 0 Å². The third-order valence-corrected chi connectivity index (χ3v) is 4.61. The average molecular weight is 253 g/mol. The first-order valence-corrected chi connectivity index (χ1v) is 7.09. The first kappa shape index (κ1) is 12.6. The fraction of sp³-hybridized carbons (Fsp3) is 0.615. The molecule has 0 saturated heterocycles. The van der Waals surface area contributed by atoms with Crippen LogP contribution in [0.1, 0.15) is 47.8 Å². The van der Waals surface area contributed by atoms with Crippen LogP contribution in [0.15, 0.2) is 11.4 Å². The van der Waals surface area contributed by atoms with Gasteiger partial charge in [0.05, 0.1) is 0 Å². The largest absolute Gasteiger partial charge is 0.477 e. The van der Waals surface area contributed by atoms with Gasteiger partial charge in [-0.05, 0) is 42.7 Å². The number of hydrogen-bond donors (Lipinski definition) is 2. The van der Waals surface area contributed by atoms with Gasteiger partial charge < -0.3 is 10.4 Å². The Bertz CT molecular complexity index is 383. The van der Waals surface area contributed by atoms with Crippen molar-refractivity contribution in [2.24, 2.45) is 5.92 Å². The van der Waals surface area contributed by atoms with Gasteiger partial charge in [-0.3, -0.25) is 0 Å². The first-order valence-electron chi connectivity index (χ1n) is 6.21. The number of carbonyl (C=O) groups is 1. The highest BCUT2D eigenvalue weighted by Gasteiger charge is 2.21. The zero-order chi connectivity index (χ0) is 12.3. The van der Waals surface area contributed by atoms with Gasteiger partial charge in [0.1, 0.15) is 4.88 Å². The Labute approximate surface area is 106 Å². The van der Waals surface area contributed by atoms with Gasteiger partial charge in [0, 0.05) is 12.6 Å². The van der Waals surface area contributed by atoms with Crippen LogP contribution in [0, 0.1) is 5.92 Å². The van der Waals surface area contributed by atoms with Gasteiger partial charge in [0.25, 0.3) is 0 Å². The number of nitrogens with one attached hydrogen (secondary N) is 1. The van der Waals surface area contributed by atoms with E-state index in [9.17, 15) is 4.79 Å². The van der Waals surface area contributed by atoms with Gasteiger partial charge in [-0.1, -0.05) is 12.8 Å². The zero-order valence-corrected chi connectivity index (χ0v) is 10.9. The third-order valence-electron chi connectivity index (χ3n) is 3.66. The molecule has 17 heavy (non-hydrogen) atoms. The standard InChI is InChI=1S/C13H19NO2S/c1-9(10-4-2-3-5-10)14-8-11-6-7-17-12(11)13(15)16/h6-7,9-10,14H,2-5,8H2,1H3,(H,15,16)/t9-/m1/s1. The topological polar surface area (TPSA) is 49.3 Å². The highest BCUT2D eigenvalue weighted by Crippen LogP contribution is 2.27. The smallest absolute Gasteiger partial charge is 0.346 e. The molecule has 1 aromatic rings. The van der Waals surface area contributed by atoms with Crippen LogP contribution in [-0.4, -0.2) is 17.1 Å². The van der Waals surface area contributed by atoms with Gasteiger partial charge in [-0.2, -0.15) is 0 Å². The molecular weight excluding hydrogens is 234 g/mol. The second kappa shape index (κ2) is 5.65. The van der Waals surface area contributed by atoms with Crippen molar-refractivity contribution in [3.05, 3.63) is 21.9 Å². The lowest BCUT2D eigenvalue weighted by atomic mass is 9.99. The number of hydrogen-bond acceptors (Lipinski definition) is 3. The van der Waals surface area contributed by atoms with E-state index in [0.717, 1.165) is 11.5 Å². The summed E-state index contributed by atoms with van der Waals surface area (Å²) in [6, 6.07) is 2.39. The van der Waals surface area contributed by atoms with Crippen molar-refractivity contribution in [3.63, 3.8) is 0 Å². The van der Waals surface area contributed by atoms with Crippen molar-refractivity contribution in [1.82, 2.24) is 5.32 Å². The third kappa shape index (κ3) is 3.07. The van der Waals surface area contributed by atoms with E-state index in [-0.39, 0.29) is 0 Å². The SMILES string of the molecule is C[C@@H](NCc1ccsc1C(=O)O)C1CCCC1. The summed E-state index contributed by atoms with van der Waals surface area (Å²) in [5, 5.41) is 14.3. The Kier molecular flexibility index (Phi) is 4.18. The zero-order valence-electron chi connectivity index (χ0n) is 10.1. The summed E-state index contributed by atoms with van der Waals surface area (Å²) in [7, 11) is 0. The number of thiophene rings is 1. The van der Waals surface area contributed by atoms with E-state index in [4.69, 9.17) is 5.11 Å². The molecule has 1 aromatic heterocycles. The van der Waals surface area contributed by atoms with E-state index < -0.39 is 5.97 Å². The molecule has 0 aliphatic heterocycles. The van der Waals surface area contributed by atoms with Gasteiger partial charge in [0.2, 0.25) is 0 Å². The maximum absolute atomic E-state index is 11.0. The van der Waals surface area contributed by atoms with Gasteiger partial charge in [0.15, 0.2) is 0 Å². The molecule has 1 aliphatic carbocycles. The molecule has 94 valence electrons. The van der Waals surface area contributed by atoms with Crippen LogP contribution >= 0.6 is 11.3 Å². The van der Waals surface area contributed by atoms with Crippen molar-refractivity contribution < 1.29 is 9.90 Å². The van der Waals surface area contributed by atoms with Crippen molar-refractivity contribution >= 4 is 17.3 Å². The molecule has 1 heterocycles. The quantitative estimate of drug-likeness (QED) is 0.847. The van der Waals surface area contributed by atoms with E-state index in [1.54, 1.807) is 0 Å². The van der Waals surface area contributed by atoms with Crippen LogP contribution in [0.4, 0.5) is 0 Å². The molecule has 0 bridgehead atoms. The Balaban J connectivity index is 1.88. The lowest BCUT2D eigenvalue weighted by Crippen LogP contribution is -2.32. The van der Waals surface area contributed by atoms with Gasteiger partial charge in [-0.25, -0.2) is 4.79 Å². The molecule has 3 nitrogen and oxygen atoms in total. The molecule has 1 saturated carbocycles. The second-order valence-electron chi connectivity index (χ2n) is 4.79. The summed E-state index contributed by atoms with van der Waals surface area (Å²) in [5.41, 5.74) is 0.910. The van der Waals surface area contributed by atoms with Crippen LogP contribution in [0.5, 0.6) is 0 Å². The van der Waals surface area contributed by atoms with Crippen LogP contribution < -0.4 is 5.32 Å². The Morgan fingerprint density at radius 3 is 2.94 bits per heavy atom. The molecule has 0 spiro atoms. The van der Waals surface area contributed by atoms with E-state index in [1.807, 2.05) is 11.4 Å². The minimum atomic E-state index is -0.815. The molecule has 2 N–H and O–H groups in total. The predicted molar refractivity (Wildman–Crippen MR) is 69.5 cm³/mol. The van der Waals surface area contributed by atoms with Crippen molar-refractivity contribution in [3.8, 4) is 0 Å². The van der Waals surface area contributed by atoms with E-state index in [0.29, 0.717) is 17.5 Å². The summed E-state index contributed by atoms with van der Waals surface area (Å²) in [6.45, 7) is 2.88. The molecule has 1 aliphatic rings. The molecule has 2 rings (SSSR count). The second-order valence-corrected chi connectivity index (χ2v) is 5.71. The predicted octanol–water partition coefficient (Wildman–Crippen LogP) is 3.11. The molecule has 0 unspecified atom stereocenters. The summed E-state index contributed by atoms with van der Waals surface area (Å²) < 4.78 is 0. The first-order chi connectivity index (χ1) is 8.18. The number of carboxylic acids is 1. The highest BCUT2D eigenvalue weighted by atomic mass is 32.1. The summed E-state index contributed by atoms with van der Waals surface area (Å²) >= 11 is 1.30. The Morgan fingerprint density at radius 2 is 2.29 bits per heavy atom. The van der Waals surface area contributed by atoms with Gasteiger partial charge in [-0.15, -0.1) is 11.3 Å². The van der Waals surface area contributed by atoms with Crippen molar-refractivity contribution in [2.45, 2.75) is 45.2 Å². The van der Waals surface area contributed by atoms with E-state index in [1.165, 1.54) is 37.0 Å². The molecule has 0 aromatic carbocycles. The Hall–Kier alpha value is -0.870. The minimum Gasteiger partial charge on any atom is -0.477 e. The van der Waals surface area contributed by atoms with Crippen LogP contribution in [0.2, 0.25) is 0 Å². The summed E-state index contributed by atoms with van der Waals surface area (Å²) in [6.07, 6.45) is 5.30. The highest BCUT2D eigenvalue weighted by molar-refractivity contribution is 7.12. The molecule has 4 heteroatoms. The fourth-order valence-corrected chi connectivity index (χ4v) is 3.32. The summed E-state index contributed by atoms with van der Waals surface area (Å²) in [5.74, 6) is -0.0489. The fourth-order valence-electron chi connectivity index (χ4n) is 2.56. The van der Waals surface area contributed by atoms with Crippen LogP contribution in [-0.2, 0) is 6.54 Å². The van der Waals surface area contributed by atoms with Gasteiger partial charge >= 0.3 is 5.97 Å². The lowest BCUT2D eigenvalue weighted by molar-refractivity contribution is 0.0701. The molecule has 1 fully saturated rings. The summed E-state index contributed by atoms with van der Waals surface area (Å²) in [4.78, 5) is 11.4. The maximum Gasteiger partial charge on any atom is 0.346 e. The van der Waals surface area contributed by atoms with E-state index in [2.05, 4.69) is 12.2 Å². The monoisotopic (exact) mass is 253 g/mol. The number of aromatic carboxylic acids is 1. The Morgan fingerprint density at radius 1 is 1.59 bits per heavy atom. The molecule has 0 radical (unpaired) electrons. The van der Waals surface area contributed by atoms with Crippen LogP contribution in [0.3, 0.4) is 0 Å². The number of rotatable bonds is 5. The van der Waals surface area contributed by atoms with Crippen molar-refractivity contribution in [1.29, 1.82) is 0 Å². The number of carboxylic acid groups (broad SMARTS) is 1. The minimum absolute atomic E-state index is 0.469. The molecule has 1 atom stereocenters. The molecular formula is C13H19NO2S. The normalized spacial score (nSPS) is 18.4. The lowest BCUT2D eigenvalue weighted by Gasteiger charge is -2.20. The van der Waals surface area contributed by atoms with Crippen molar-refractivity contribution in [2.75, 3.05) is 0 Å². The maximum atomic E-state index is 11.0.